The Labute approximate surface area is 94.2 Å². The van der Waals surface area contributed by atoms with Gasteiger partial charge in [0.2, 0.25) is 5.91 Å². The number of carbonyl (C=O) groups is 1. The van der Waals surface area contributed by atoms with Crippen LogP contribution < -0.4 is 5.32 Å². The molecule has 0 aliphatic heterocycles. The van der Waals surface area contributed by atoms with Crippen molar-refractivity contribution in [3.63, 3.8) is 0 Å². The summed E-state index contributed by atoms with van der Waals surface area (Å²) in [6, 6.07) is 3.64. The average Bonchev–Trinajstić information content (AvgIpc) is 2.20. The van der Waals surface area contributed by atoms with Crippen LogP contribution in [0.25, 0.3) is 6.08 Å². The molecule has 1 rings (SSSR count). The Morgan fingerprint density at radius 1 is 1.60 bits per heavy atom. The minimum absolute atomic E-state index is 0.00319. The lowest BCUT2D eigenvalue weighted by atomic mass is 10.2. The zero-order valence-corrected chi connectivity index (χ0v) is 9.29. The second-order valence-corrected chi connectivity index (χ2v) is 3.48. The molecule has 0 bridgehead atoms. The summed E-state index contributed by atoms with van der Waals surface area (Å²) < 4.78 is 0. The van der Waals surface area contributed by atoms with E-state index in [0.29, 0.717) is 11.7 Å². The van der Waals surface area contributed by atoms with E-state index in [4.69, 9.17) is 11.6 Å². The first kappa shape index (κ1) is 11.7. The number of hydrogen-bond acceptors (Lipinski definition) is 2. The highest BCUT2D eigenvalue weighted by atomic mass is 35.5. The normalized spacial score (nSPS) is 10.5. The number of nitrogens with one attached hydrogen (secondary N) is 1. The van der Waals surface area contributed by atoms with E-state index in [1.165, 1.54) is 6.92 Å². The maximum absolute atomic E-state index is 10.6. The quantitative estimate of drug-likeness (QED) is 0.630. The van der Waals surface area contributed by atoms with Crippen molar-refractivity contribution in [1.29, 1.82) is 0 Å². The van der Waals surface area contributed by atoms with Gasteiger partial charge < -0.3 is 5.32 Å². The van der Waals surface area contributed by atoms with Gasteiger partial charge in [0.05, 0.1) is 0 Å². The fraction of sp³-hybridized carbons (Fsp3) is 0.273. The minimum atomic E-state index is -0.00319. The monoisotopic (exact) mass is 224 g/mol. The lowest BCUT2D eigenvalue weighted by Gasteiger charge is -1.97. The van der Waals surface area contributed by atoms with E-state index in [9.17, 15) is 4.79 Å². The van der Waals surface area contributed by atoms with Crippen molar-refractivity contribution in [1.82, 2.24) is 10.3 Å². The van der Waals surface area contributed by atoms with Gasteiger partial charge in [0.15, 0.2) is 0 Å². The average molecular weight is 225 g/mol. The topological polar surface area (TPSA) is 42.0 Å². The van der Waals surface area contributed by atoms with Crippen LogP contribution in [0.4, 0.5) is 0 Å². The number of nitrogens with zero attached hydrogens (tertiary/aromatic N) is 1. The summed E-state index contributed by atoms with van der Waals surface area (Å²) in [6.45, 7) is 2.17. The van der Waals surface area contributed by atoms with Crippen LogP contribution in [-0.4, -0.2) is 17.4 Å². The highest BCUT2D eigenvalue weighted by molar-refractivity contribution is 6.29. The van der Waals surface area contributed by atoms with Crippen LogP contribution >= 0.6 is 11.6 Å². The van der Waals surface area contributed by atoms with Gasteiger partial charge in [0, 0.05) is 19.7 Å². The van der Waals surface area contributed by atoms with Crippen molar-refractivity contribution in [3.05, 3.63) is 35.1 Å². The Morgan fingerprint density at radius 2 is 2.40 bits per heavy atom. The molecule has 0 atom stereocenters. The number of aromatic nitrogens is 1. The molecule has 0 unspecified atom stereocenters. The molecule has 1 heterocycles. The molecule has 80 valence electrons. The second kappa shape index (κ2) is 6.19. The minimum Gasteiger partial charge on any atom is -0.356 e. The predicted octanol–water partition coefficient (Wildman–Crippen LogP) is 2.27. The van der Waals surface area contributed by atoms with E-state index in [1.807, 2.05) is 18.2 Å². The Morgan fingerprint density at radius 3 is 3.00 bits per heavy atom. The molecule has 0 fully saturated rings. The summed E-state index contributed by atoms with van der Waals surface area (Å²) in [5.41, 5.74) is 1.00. The molecule has 0 spiro atoms. The van der Waals surface area contributed by atoms with Crippen molar-refractivity contribution < 1.29 is 4.79 Å². The smallest absolute Gasteiger partial charge is 0.216 e. The number of pyridine rings is 1. The molecule has 1 N–H and O–H groups in total. The highest BCUT2D eigenvalue weighted by Gasteiger charge is 1.89. The van der Waals surface area contributed by atoms with Gasteiger partial charge in [-0.15, -0.1) is 0 Å². The Bertz CT molecular complexity index is 346. The van der Waals surface area contributed by atoms with Gasteiger partial charge in [-0.3, -0.25) is 4.79 Å². The summed E-state index contributed by atoms with van der Waals surface area (Å²) in [7, 11) is 0. The summed E-state index contributed by atoms with van der Waals surface area (Å²) in [4.78, 5) is 14.5. The third-order valence-corrected chi connectivity index (χ3v) is 1.97. The van der Waals surface area contributed by atoms with E-state index in [0.717, 1.165) is 12.0 Å². The second-order valence-electron chi connectivity index (χ2n) is 3.09. The first-order valence-corrected chi connectivity index (χ1v) is 5.09. The molecule has 15 heavy (non-hydrogen) atoms. The molecule has 0 saturated carbocycles. The van der Waals surface area contributed by atoms with Gasteiger partial charge in [0.25, 0.3) is 0 Å². The number of hydrogen-bond donors (Lipinski definition) is 1. The fourth-order valence-corrected chi connectivity index (χ4v) is 1.15. The maximum Gasteiger partial charge on any atom is 0.216 e. The van der Waals surface area contributed by atoms with Crippen LogP contribution in [0.3, 0.4) is 0 Å². The summed E-state index contributed by atoms with van der Waals surface area (Å²) in [6.07, 6.45) is 6.45. The maximum atomic E-state index is 10.6. The van der Waals surface area contributed by atoms with Gasteiger partial charge in [0.1, 0.15) is 5.15 Å². The van der Waals surface area contributed by atoms with E-state index >= 15 is 0 Å². The van der Waals surface area contributed by atoms with Crippen LogP contribution in [0.5, 0.6) is 0 Å². The Kier molecular flexibility index (Phi) is 4.84. The van der Waals surface area contributed by atoms with Crippen molar-refractivity contribution in [2.24, 2.45) is 0 Å². The molecule has 0 saturated heterocycles. The molecule has 1 aromatic heterocycles. The number of rotatable bonds is 4. The number of amides is 1. The third-order valence-electron chi connectivity index (χ3n) is 1.75. The summed E-state index contributed by atoms with van der Waals surface area (Å²) in [5, 5.41) is 3.21. The van der Waals surface area contributed by atoms with E-state index in [2.05, 4.69) is 10.3 Å². The molecule has 4 heteroatoms. The molecule has 0 aromatic carbocycles. The van der Waals surface area contributed by atoms with E-state index in [1.54, 1.807) is 12.3 Å². The Hall–Kier alpha value is -1.35. The zero-order chi connectivity index (χ0) is 11.1. The SMILES string of the molecule is CC(=O)NCCC=Cc1ccc(Cl)nc1. The van der Waals surface area contributed by atoms with E-state index < -0.39 is 0 Å². The van der Waals surface area contributed by atoms with Crippen LogP contribution in [0.2, 0.25) is 5.15 Å². The van der Waals surface area contributed by atoms with Gasteiger partial charge in [-0.05, 0) is 18.1 Å². The summed E-state index contributed by atoms with van der Waals surface area (Å²) >= 11 is 5.65. The molecule has 1 amide bonds. The molecular weight excluding hydrogens is 212 g/mol. The van der Waals surface area contributed by atoms with Gasteiger partial charge in [-0.25, -0.2) is 4.98 Å². The number of carbonyl (C=O) groups excluding carboxylic acids is 1. The van der Waals surface area contributed by atoms with Crippen LogP contribution in [0.1, 0.15) is 18.9 Å². The van der Waals surface area contributed by atoms with E-state index in [-0.39, 0.29) is 5.91 Å². The number of halogens is 1. The first-order valence-electron chi connectivity index (χ1n) is 4.71. The largest absolute Gasteiger partial charge is 0.356 e. The standard InChI is InChI=1S/C11H13ClN2O/c1-9(15)13-7-3-2-4-10-5-6-11(12)14-8-10/h2,4-6,8H,3,7H2,1H3,(H,13,15). The lowest BCUT2D eigenvalue weighted by Crippen LogP contribution is -2.20. The molecule has 0 radical (unpaired) electrons. The summed E-state index contributed by atoms with van der Waals surface area (Å²) in [5.74, 6) is -0.00319. The van der Waals surface area contributed by atoms with Gasteiger partial charge >= 0.3 is 0 Å². The zero-order valence-electron chi connectivity index (χ0n) is 8.53. The molecule has 3 nitrogen and oxygen atoms in total. The molecule has 1 aromatic rings. The van der Waals surface area contributed by atoms with Crippen molar-refractivity contribution >= 4 is 23.6 Å². The highest BCUT2D eigenvalue weighted by Crippen LogP contribution is 2.06. The third kappa shape index (κ3) is 5.18. The Balaban J connectivity index is 2.32. The van der Waals surface area contributed by atoms with Gasteiger partial charge in [-0.2, -0.15) is 0 Å². The molecule has 0 aliphatic rings. The fourth-order valence-electron chi connectivity index (χ4n) is 1.04. The van der Waals surface area contributed by atoms with Gasteiger partial charge in [-0.1, -0.05) is 29.8 Å². The van der Waals surface area contributed by atoms with Crippen LogP contribution in [0, 0.1) is 0 Å². The van der Waals surface area contributed by atoms with Crippen LogP contribution in [-0.2, 0) is 4.79 Å². The van der Waals surface area contributed by atoms with Crippen molar-refractivity contribution in [3.8, 4) is 0 Å². The molecule has 0 aliphatic carbocycles. The first-order chi connectivity index (χ1) is 7.18. The predicted molar refractivity (Wildman–Crippen MR) is 61.6 cm³/mol. The van der Waals surface area contributed by atoms with Crippen molar-refractivity contribution in [2.45, 2.75) is 13.3 Å². The lowest BCUT2D eigenvalue weighted by molar-refractivity contribution is -0.118. The van der Waals surface area contributed by atoms with Crippen molar-refractivity contribution in [2.75, 3.05) is 6.54 Å². The molecular formula is C11H13ClN2O. The van der Waals surface area contributed by atoms with Crippen LogP contribution in [0.15, 0.2) is 24.4 Å².